The topological polar surface area (TPSA) is 72.4 Å². The summed E-state index contributed by atoms with van der Waals surface area (Å²) in [7, 11) is 0. The van der Waals surface area contributed by atoms with Crippen LogP contribution < -0.4 is 11.1 Å². The van der Waals surface area contributed by atoms with Gasteiger partial charge in [0.25, 0.3) is 0 Å². The normalized spacial score (nSPS) is 12.5. The van der Waals surface area contributed by atoms with Crippen molar-refractivity contribution >= 4 is 27.9 Å². The van der Waals surface area contributed by atoms with Gasteiger partial charge in [0.1, 0.15) is 0 Å². The number of nitrogens with one attached hydrogen (secondary N) is 1. The van der Waals surface area contributed by atoms with E-state index in [1.807, 2.05) is 53.4 Å². The molecule has 1 amide bonds. The fourth-order valence-electron chi connectivity index (χ4n) is 2.01. The second kappa shape index (κ2) is 5.67. The van der Waals surface area contributed by atoms with Crippen LogP contribution in [0.3, 0.4) is 0 Å². The van der Waals surface area contributed by atoms with Gasteiger partial charge >= 0.3 is 0 Å². The van der Waals surface area contributed by atoms with Gasteiger partial charge in [0.15, 0.2) is 4.96 Å². The Bertz CT molecular complexity index is 731. The molecule has 0 spiro atoms. The van der Waals surface area contributed by atoms with Crippen LogP contribution >= 0.6 is 11.3 Å². The van der Waals surface area contributed by atoms with Crippen LogP contribution in [-0.2, 0) is 4.79 Å². The highest BCUT2D eigenvalue weighted by Crippen LogP contribution is 2.23. The standard InChI is InChI=1S/C15H16N4OS/c1-2-12(16)14(20)17-11-5-3-10(4-6-11)13-9-19-7-8-21-15(19)18-13/h3-9,12H,2,16H2,1H3,(H,17,20)/t12-/m0/s1. The van der Waals surface area contributed by atoms with Gasteiger partial charge in [-0.3, -0.25) is 9.20 Å². The van der Waals surface area contributed by atoms with Crippen molar-refractivity contribution in [2.75, 3.05) is 5.32 Å². The van der Waals surface area contributed by atoms with Crippen molar-refractivity contribution in [1.82, 2.24) is 9.38 Å². The van der Waals surface area contributed by atoms with E-state index in [2.05, 4.69) is 10.3 Å². The van der Waals surface area contributed by atoms with Gasteiger partial charge in [-0.1, -0.05) is 19.1 Å². The number of carbonyl (C=O) groups is 1. The number of nitrogens with zero attached hydrogens (tertiary/aromatic N) is 2. The zero-order valence-corrected chi connectivity index (χ0v) is 12.4. The molecule has 0 unspecified atom stereocenters. The second-order valence-electron chi connectivity index (χ2n) is 4.80. The maximum absolute atomic E-state index is 11.7. The number of carbonyl (C=O) groups excluding carboxylic acids is 1. The van der Waals surface area contributed by atoms with Crippen LogP contribution in [-0.4, -0.2) is 21.3 Å². The molecule has 0 radical (unpaired) electrons. The number of anilines is 1. The molecule has 6 heteroatoms. The maximum Gasteiger partial charge on any atom is 0.241 e. The Morgan fingerprint density at radius 3 is 2.86 bits per heavy atom. The fraction of sp³-hybridized carbons (Fsp3) is 0.200. The molecular weight excluding hydrogens is 284 g/mol. The van der Waals surface area contributed by atoms with E-state index in [0.717, 1.165) is 21.9 Å². The molecule has 3 rings (SSSR count). The van der Waals surface area contributed by atoms with Gasteiger partial charge in [0.05, 0.1) is 11.7 Å². The first-order valence-electron chi connectivity index (χ1n) is 6.76. The molecule has 0 bridgehead atoms. The van der Waals surface area contributed by atoms with Gasteiger partial charge in [-0.2, -0.15) is 0 Å². The second-order valence-corrected chi connectivity index (χ2v) is 5.67. The summed E-state index contributed by atoms with van der Waals surface area (Å²) in [4.78, 5) is 17.2. The highest BCUT2D eigenvalue weighted by molar-refractivity contribution is 7.15. The van der Waals surface area contributed by atoms with Crippen LogP contribution in [0.4, 0.5) is 5.69 Å². The molecule has 21 heavy (non-hydrogen) atoms. The van der Waals surface area contributed by atoms with Crippen molar-refractivity contribution in [2.45, 2.75) is 19.4 Å². The lowest BCUT2D eigenvalue weighted by Gasteiger charge is -2.10. The number of benzene rings is 1. The smallest absolute Gasteiger partial charge is 0.241 e. The van der Waals surface area contributed by atoms with E-state index in [1.54, 1.807) is 11.3 Å². The van der Waals surface area contributed by atoms with Crippen molar-refractivity contribution in [3.8, 4) is 11.3 Å². The number of hydrogen-bond donors (Lipinski definition) is 2. The van der Waals surface area contributed by atoms with E-state index >= 15 is 0 Å². The van der Waals surface area contributed by atoms with E-state index in [1.165, 1.54) is 0 Å². The Kier molecular flexibility index (Phi) is 3.72. The Morgan fingerprint density at radius 2 is 2.19 bits per heavy atom. The molecule has 1 atom stereocenters. The summed E-state index contributed by atoms with van der Waals surface area (Å²) < 4.78 is 2.00. The highest BCUT2D eigenvalue weighted by atomic mass is 32.1. The molecule has 5 nitrogen and oxygen atoms in total. The van der Waals surface area contributed by atoms with E-state index < -0.39 is 6.04 Å². The van der Waals surface area contributed by atoms with Gasteiger partial charge in [-0.25, -0.2) is 4.98 Å². The summed E-state index contributed by atoms with van der Waals surface area (Å²) in [5.74, 6) is -0.159. The number of hydrogen-bond acceptors (Lipinski definition) is 4. The van der Waals surface area contributed by atoms with Gasteiger partial charge in [-0.15, -0.1) is 11.3 Å². The third kappa shape index (κ3) is 2.81. The van der Waals surface area contributed by atoms with Gasteiger partial charge in [0.2, 0.25) is 5.91 Å². The largest absolute Gasteiger partial charge is 0.325 e. The van der Waals surface area contributed by atoms with Crippen LogP contribution in [0, 0.1) is 0 Å². The van der Waals surface area contributed by atoms with Crippen molar-refractivity contribution in [3.63, 3.8) is 0 Å². The molecule has 2 aromatic heterocycles. The fourth-order valence-corrected chi connectivity index (χ4v) is 2.71. The van der Waals surface area contributed by atoms with Crippen molar-refractivity contribution in [2.24, 2.45) is 5.73 Å². The van der Waals surface area contributed by atoms with Gasteiger partial charge in [-0.05, 0) is 18.6 Å². The first-order chi connectivity index (χ1) is 10.2. The average Bonchev–Trinajstić information content (AvgIpc) is 3.08. The molecule has 0 saturated carbocycles. The molecule has 0 aliphatic heterocycles. The lowest BCUT2D eigenvalue weighted by atomic mass is 10.1. The highest BCUT2D eigenvalue weighted by Gasteiger charge is 2.11. The van der Waals surface area contributed by atoms with Crippen LogP contribution in [0.1, 0.15) is 13.3 Å². The van der Waals surface area contributed by atoms with E-state index in [4.69, 9.17) is 5.73 Å². The Labute approximate surface area is 126 Å². The molecule has 3 aromatic rings. The summed E-state index contributed by atoms with van der Waals surface area (Å²) in [6.45, 7) is 1.89. The zero-order valence-electron chi connectivity index (χ0n) is 11.6. The SMILES string of the molecule is CC[C@H](N)C(=O)Nc1ccc(-c2cn3ccsc3n2)cc1. The van der Waals surface area contributed by atoms with Crippen molar-refractivity contribution < 1.29 is 4.79 Å². The lowest BCUT2D eigenvalue weighted by Crippen LogP contribution is -2.34. The predicted molar refractivity (Wildman–Crippen MR) is 85.4 cm³/mol. The molecule has 108 valence electrons. The maximum atomic E-state index is 11.7. The summed E-state index contributed by atoms with van der Waals surface area (Å²) in [6, 6.07) is 7.15. The minimum atomic E-state index is -0.468. The summed E-state index contributed by atoms with van der Waals surface area (Å²) in [6.07, 6.45) is 4.60. The zero-order chi connectivity index (χ0) is 14.8. The van der Waals surface area contributed by atoms with Crippen molar-refractivity contribution in [1.29, 1.82) is 0 Å². The number of nitrogens with two attached hydrogens (primary N) is 1. The number of amides is 1. The van der Waals surface area contributed by atoms with Gasteiger partial charge < -0.3 is 11.1 Å². The van der Waals surface area contributed by atoms with Crippen LogP contribution in [0.5, 0.6) is 0 Å². The third-order valence-corrected chi connectivity index (χ3v) is 4.09. The average molecular weight is 300 g/mol. The Morgan fingerprint density at radius 1 is 1.43 bits per heavy atom. The van der Waals surface area contributed by atoms with Gasteiger partial charge in [0, 0.05) is 29.0 Å². The number of thiazole rings is 1. The number of imidazole rings is 1. The molecule has 0 fully saturated rings. The van der Waals surface area contributed by atoms with Crippen LogP contribution in [0.25, 0.3) is 16.2 Å². The summed E-state index contributed by atoms with van der Waals surface area (Å²) >= 11 is 1.60. The Hall–Kier alpha value is -2.18. The first-order valence-corrected chi connectivity index (χ1v) is 7.64. The molecule has 0 aliphatic carbocycles. The molecule has 3 N–H and O–H groups in total. The molecule has 2 heterocycles. The molecule has 0 saturated heterocycles. The number of fused-ring (bicyclic) bond motifs is 1. The Balaban J connectivity index is 1.77. The lowest BCUT2D eigenvalue weighted by molar-refractivity contribution is -0.117. The van der Waals surface area contributed by atoms with E-state index in [0.29, 0.717) is 6.42 Å². The van der Waals surface area contributed by atoms with Crippen molar-refractivity contribution in [3.05, 3.63) is 42.0 Å². The number of rotatable bonds is 4. The molecule has 1 aromatic carbocycles. The minimum Gasteiger partial charge on any atom is -0.325 e. The summed E-state index contributed by atoms with van der Waals surface area (Å²) in [5.41, 5.74) is 8.38. The first kappa shape index (κ1) is 13.8. The predicted octanol–water partition coefficient (Wildman–Crippen LogP) is 2.74. The summed E-state index contributed by atoms with van der Waals surface area (Å²) in [5, 5.41) is 4.81. The van der Waals surface area contributed by atoms with Crippen LogP contribution in [0.2, 0.25) is 0 Å². The van der Waals surface area contributed by atoms with E-state index in [-0.39, 0.29) is 5.91 Å². The third-order valence-electron chi connectivity index (χ3n) is 3.32. The van der Waals surface area contributed by atoms with Crippen LogP contribution in [0.15, 0.2) is 42.0 Å². The van der Waals surface area contributed by atoms with E-state index in [9.17, 15) is 4.79 Å². The minimum absolute atomic E-state index is 0.159. The molecule has 0 aliphatic rings. The number of aromatic nitrogens is 2. The molecular formula is C15H16N4OS. The quantitative estimate of drug-likeness (QED) is 0.778. The monoisotopic (exact) mass is 300 g/mol.